The third kappa shape index (κ3) is 6.94. The Morgan fingerprint density at radius 3 is 2.36 bits per heavy atom. The number of nitrogens with one attached hydrogen (secondary N) is 2. The zero-order valence-electron chi connectivity index (χ0n) is 14.7. The fourth-order valence-electron chi connectivity index (χ4n) is 2.24. The molecule has 0 saturated carbocycles. The average molecular weight is 306 g/mol. The van der Waals surface area contributed by atoms with Gasteiger partial charge >= 0.3 is 6.09 Å². The monoisotopic (exact) mass is 306 g/mol. The topological polar surface area (TPSA) is 50.4 Å². The lowest BCUT2D eigenvalue weighted by atomic mass is 10.0. The molecule has 1 aromatic carbocycles. The predicted octanol–water partition coefficient (Wildman–Crippen LogP) is 3.70. The molecular weight excluding hydrogens is 276 g/mol. The standard InChI is InChI=1S/C18H30N2O2/c1-13-8-7-9-14(2)16(13)12-19-11-10-15(3)20-17(21)22-18(4,5)6/h7-9,15,19H,10-12H2,1-6H3,(H,20,21). The summed E-state index contributed by atoms with van der Waals surface area (Å²) >= 11 is 0. The molecule has 4 nitrogen and oxygen atoms in total. The van der Waals surface area contributed by atoms with E-state index >= 15 is 0 Å². The Kier molecular flexibility index (Phi) is 6.88. The summed E-state index contributed by atoms with van der Waals surface area (Å²) in [6.07, 6.45) is 0.513. The van der Waals surface area contributed by atoms with Crippen molar-refractivity contribution < 1.29 is 9.53 Å². The first-order valence-electron chi connectivity index (χ1n) is 7.94. The molecular formula is C18H30N2O2. The van der Waals surface area contributed by atoms with E-state index in [1.807, 2.05) is 27.7 Å². The van der Waals surface area contributed by atoms with Crippen molar-refractivity contribution in [3.8, 4) is 0 Å². The minimum Gasteiger partial charge on any atom is -0.444 e. The van der Waals surface area contributed by atoms with Crippen LogP contribution in [0, 0.1) is 13.8 Å². The highest BCUT2D eigenvalue weighted by molar-refractivity contribution is 5.67. The molecule has 0 bridgehead atoms. The van der Waals surface area contributed by atoms with Crippen LogP contribution < -0.4 is 10.6 Å². The van der Waals surface area contributed by atoms with Crippen molar-refractivity contribution in [1.29, 1.82) is 0 Å². The molecule has 1 atom stereocenters. The van der Waals surface area contributed by atoms with Crippen molar-refractivity contribution in [2.75, 3.05) is 6.54 Å². The Balaban J connectivity index is 2.28. The molecule has 22 heavy (non-hydrogen) atoms. The fourth-order valence-corrected chi connectivity index (χ4v) is 2.24. The van der Waals surface area contributed by atoms with Crippen LogP contribution in [0.5, 0.6) is 0 Å². The molecule has 1 unspecified atom stereocenters. The van der Waals surface area contributed by atoms with E-state index < -0.39 is 5.60 Å². The fraction of sp³-hybridized carbons (Fsp3) is 0.611. The maximum Gasteiger partial charge on any atom is 0.407 e. The third-order valence-electron chi connectivity index (χ3n) is 3.46. The second-order valence-corrected chi connectivity index (χ2v) is 6.88. The number of amides is 1. The van der Waals surface area contributed by atoms with Gasteiger partial charge in [0.1, 0.15) is 5.60 Å². The molecule has 0 heterocycles. The van der Waals surface area contributed by atoms with Gasteiger partial charge in [-0.05, 0) is 71.2 Å². The lowest BCUT2D eigenvalue weighted by Gasteiger charge is -2.22. The highest BCUT2D eigenvalue weighted by Gasteiger charge is 2.17. The van der Waals surface area contributed by atoms with Gasteiger partial charge in [-0.25, -0.2) is 4.79 Å². The molecule has 4 heteroatoms. The van der Waals surface area contributed by atoms with Gasteiger partial charge in [-0.1, -0.05) is 18.2 Å². The molecule has 0 aliphatic heterocycles. The van der Waals surface area contributed by atoms with Crippen LogP contribution >= 0.6 is 0 Å². The number of hydrogen-bond donors (Lipinski definition) is 2. The van der Waals surface area contributed by atoms with Gasteiger partial charge in [0, 0.05) is 12.6 Å². The first-order valence-corrected chi connectivity index (χ1v) is 7.94. The Morgan fingerprint density at radius 2 is 1.82 bits per heavy atom. The molecule has 2 N–H and O–H groups in total. The Hall–Kier alpha value is -1.55. The summed E-state index contributed by atoms with van der Waals surface area (Å²) in [6.45, 7) is 13.6. The first kappa shape index (κ1) is 18.5. The minimum atomic E-state index is -0.454. The summed E-state index contributed by atoms with van der Waals surface area (Å²) in [7, 11) is 0. The number of carbonyl (C=O) groups is 1. The molecule has 1 amide bonds. The summed E-state index contributed by atoms with van der Waals surface area (Å²) in [5.41, 5.74) is 3.53. The van der Waals surface area contributed by atoms with E-state index in [-0.39, 0.29) is 12.1 Å². The second-order valence-electron chi connectivity index (χ2n) is 6.88. The SMILES string of the molecule is Cc1cccc(C)c1CNCCC(C)NC(=O)OC(C)(C)C. The predicted molar refractivity (Wildman–Crippen MR) is 91.1 cm³/mol. The van der Waals surface area contributed by atoms with Crippen LogP contribution in [-0.4, -0.2) is 24.3 Å². The van der Waals surface area contributed by atoms with Crippen LogP contribution in [-0.2, 0) is 11.3 Å². The lowest BCUT2D eigenvalue weighted by Crippen LogP contribution is -2.38. The van der Waals surface area contributed by atoms with Crippen LogP contribution in [0.15, 0.2) is 18.2 Å². The Labute approximate surface area is 134 Å². The van der Waals surface area contributed by atoms with Gasteiger partial charge in [0.05, 0.1) is 0 Å². The number of rotatable bonds is 6. The largest absolute Gasteiger partial charge is 0.444 e. The van der Waals surface area contributed by atoms with E-state index in [9.17, 15) is 4.79 Å². The first-order chi connectivity index (χ1) is 10.2. The summed E-state index contributed by atoms with van der Waals surface area (Å²) in [4.78, 5) is 11.7. The van der Waals surface area contributed by atoms with Gasteiger partial charge in [-0.2, -0.15) is 0 Å². The van der Waals surface area contributed by atoms with E-state index in [0.717, 1.165) is 19.5 Å². The Morgan fingerprint density at radius 1 is 1.23 bits per heavy atom. The average Bonchev–Trinajstić information content (AvgIpc) is 2.34. The van der Waals surface area contributed by atoms with Gasteiger partial charge in [-0.3, -0.25) is 0 Å². The van der Waals surface area contributed by atoms with Gasteiger partial charge in [0.15, 0.2) is 0 Å². The minimum absolute atomic E-state index is 0.0836. The quantitative estimate of drug-likeness (QED) is 0.788. The number of alkyl carbamates (subject to hydrolysis) is 1. The molecule has 124 valence electrons. The summed E-state index contributed by atoms with van der Waals surface area (Å²) < 4.78 is 5.24. The molecule has 0 spiro atoms. The lowest BCUT2D eigenvalue weighted by molar-refractivity contribution is 0.0506. The van der Waals surface area contributed by atoms with Crippen molar-refractivity contribution in [2.45, 2.75) is 66.2 Å². The molecule has 1 rings (SSSR count). The number of aryl methyl sites for hydroxylation is 2. The molecule has 0 aliphatic carbocycles. The molecule has 0 radical (unpaired) electrons. The summed E-state index contributed by atoms with van der Waals surface area (Å²) in [5.74, 6) is 0. The second kappa shape index (κ2) is 8.18. The highest BCUT2D eigenvalue weighted by atomic mass is 16.6. The molecule has 0 aromatic heterocycles. The summed E-state index contributed by atoms with van der Waals surface area (Å²) in [6, 6.07) is 6.44. The van der Waals surface area contributed by atoms with E-state index in [4.69, 9.17) is 4.74 Å². The van der Waals surface area contributed by atoms with E-state index in [1.165, 1.54) is 16.7 Å². The van der Waals surface area contributed by atoms with Crippen LogP contribution in [0.2, 0.25) is 0 Å². The smallest absolute Gasteiger partial charge is 0.407 e. The molecule has 1 aromatic rings. The highest BCUT2D eigenvalue weighted by Crippen LogP contribution is 2.12. The number of hydrogen-bond acceptors (Lipinski definition) is 3. The number of carbonyl (C=O) groups excluding carboxylic acids is 1. The van der Waals surface area contributed by atoms with Crippen LogP contribution in [0.4, 0.5) is 4.79 Å². The maximum atomic E-state index is 11.7. The Bertz CT molecular complexity index is 472. The van der Waals surface area contributed by atoms with Crippen molar-refractivity contribution >= 4 is 6.09 Å². The molecule has 0 saturated heterocycles. The van der Waals surface area contributed by atoms with Gasteiger partial charge in [0.25, 0.3) is 0 Å². The summed E-state index contributed by atoms with van der Waals surface area (Å²) in [5, 5.41) is 6.30. The van der Waals surface area contributed by atoms with Gasteiger partial charge in [-0.15, -0.1) is 0 Å². The molecule has 0 aliphatic rings. The zero-order valence-corrected chi connectivity index (χ0v) is 14.7. The van der Waals surface area contributed by atoms with Crippen LogP contribution in [0.3, 0.4) is 0 Å². The van der Waals surface area contributed by atoms with E-state index in [0.29, 0.717) is 0 Å². The number of ether oxygens (including phenoxy) is 1. The van der Waals surface area contributed by atoms with E-state index in [2.05, 4.69) is 42.7 Å². The van der Waals surface area contributed by atoms with Gasteiger partial charge in [0.2, 0.25) is 0 Å². The van der Waals surface area contributed by atoms with Crippen molar-refractivity contribution in [2.24, 2.45) is 0 Å². The van der Waals surface area contributed by atoms with E-state index in [1.54, 1.807) is 0 Å². The van der Waals surface area contributed by atoms with Crippen molar-refractivity contribution in [3.05, 3.63) is 34.9 Å². The van der Waals surface area contributed by atoms with Crippen LogP contribution in [0.1, 0.15) is 50.8 Å². The van der Waals surface area contributed by atoms with Crippen molar-refractivity contribution in [3.63, 3.8) is 0 Å². The maximum absolute atomic E-state index is 11.7. The molecule has 0 fully saturated rings. The normalized spacial score (nSPS) is 12.8. The van der Waals surface area contributed by atoms with Crippen molar-refractivity contribution in [1.82, 2.24) is 10.6 Å². The number of benzene rings is 1. The third-order valence-corrected chi connectivity index (χ3v) is 3.46. The zero-order chi connectivity index (χ0) is 16.8. The van der Waals surface area contributed by atoms with Gasteiger partial charge < -0.3 is 15.4 Å². The van der Waals surface area contributed by atoms with Crippen LogP contribution in [0.25, 0.3) is 0 Å².